The van der Waals surface area contributed by atoms with Crippen LogP contribution in [-0.2, 0) is 6.54 Å². The zero-order chi connectivity index (χ0) is 24.2. The first kappa shape index (κ1) is 22.6. The highest BCUT2D eigenvalue weighted by Crippen LogP contribution is 2.31. The first-order valence-corrected chi connectivity index (χ1v) is 10.5. The molecule has 34 heavy (non-hydrogen) atoms. The fourth-order valence-electron chi connectivity index (χ4n) is 3.64. The molecule has 2 aromatic carbocycles. The number of aromatic amines is 2. The summed E-state index contributed by atoms with van der Waals surface area (Å²) in [5.74, 6) is -0.114. The van der Waals surface area contributed by atoms with E-state index in [1.54, 1.807) is 13.1 Å². The molecule has 0 saturated carbocycles. The Bertz CT molecular complexity index is 1440. The van der Waals surface area contributed by atoms with Gasteiger partial charge >= 0.3 is 5.69 Å². The number of hydrogen-bond acceptors (Lipinski definition) is 6. The zero-order valence-corrected chi connectivity index (χ0v) is 18.7. The van der Waals surface area contributed by atoms with Gasteiger partial charge in [-0.25, -0.2) is 4.79 Å². The minimum Gasteiger partial charge on any atom is -0.496 e. The van der Waals surface area contributed by atoms with Gasteiger partial charge in [-0.2, -0.15) is 5.10 Å². The van der Waals surface area contributed by atoms with Gasteiger partial charge in [0, 0.05) is 17.3 Å². The van der Waals surface area contributed by atoms with E-state index >= 15 is 0 Å². The third kappa shape index (κ3) is 4.75. The number of amides is 1. The minimum atomic E-state index is -0.825. The number of anilines is 1. The van der Waals surface area contributed by atoms with Crippen molar-refractivity contribution in [3.63, 3.8) is 0 Å². The lowest BCUT2D eigenvalue weighted by Gasteiger charge is -2.18. The summed E-state index contributed by atoms with van der Waals surface area (Å²) >= 11 is 0. The van der Waals surface area contributed by atoms with Crippen molar-refractivity contribution in [3.05, 3.63) is 98.6 Å². The van der Waals surface area contributed by atoms with Crippen molar-refractivity contribution in [3.8, 4) is 16.9 Å². The standard InChI is InChI=1S/C24H24N6O4/c1-14(27-23(32)21-20(25)22(31)29-24(33)28-21)18-10-16(8-9-19(18)34-2)17-11-26-30(13-17)12-15-6-4-3-5-7-15/h3-11,13-14H,12,25H2,1-2H3,(H,27,32)(H2,28,29,31,33). The van der Waals surface area contributed by atoms with Crippen molar-refractivity contribution in [1.29, 1.82) is 0 Å². The number of carbonyl (C=O) groups excluding carboxylic acids is 1. The van der Waals surface area contributed by atoms with E-state index in [9.17, 15) is 14.4 Å². The van der Waals surface area contributed by atoms with Crippen LogP contribution in [0.5, 0.6) is 5.75 Å². The van der Waals surface area contributed by atoms with Gasteiger partial charge in [0.05, 0.1) is 25.9 Å². The van der Waals surface area contributed by atoms with Crippen LogP contribution < -0.4 is 27.0 Å². The number of nitrogen functional groups attached to an aromatic ring is 1. The van der Waals surface area contributed by atoms with Gasteiger partial charge in [0.1, 0.15) is 17.1 Å². The number of ether oxygens (including phenoxy) is 1. The second-order valence-electron chi connectivity index (χ2n) is 7.76. The molecule has 2 aromatic heterocycles. The summed E-state index contributed by atoms with van der Waals surface area (Å²) in [6.45, 7) is 2.41. The fraction of sp³-hybridized carbons (Fsp3) is 0.167. The molecule has 0 radical (unpaired) electrons. The van der Waals surface area contributed by atoms with Crippen molar-refractivity contribution in [2.45, 2.75) is 19.5 Å². The van der Waals surface area contributed by atoms with E-state index in [1.807, 2.05) is 64.4 Å². The number of methoxy groups -OCH3 is 1. The van der Waals surface area contributed by atoms with Crippen LogP contribution in [0.3, 0.4) is 0 Å². The third-order valence-corrected chi connectivity index (χ3v) is 5.40. The first-order chi connectivity index (χ1) is 16.4. The van der Waals surface area contributed by atoms with Gasteiger partial charge in [-0.05, 0) is 30.2 Å². The summed E-state index contributed by atoms with van der Waals surface area (Å²) in [4.78, 5) is 40.3. The number of hydrogen-bond donors (Lipinski definition) is 4. The molecule has 1 atom stereocenters. The molecule has 0 fully saturated rings. The molecule has 2 heterocycles. The number of H-pyrrole nitrogens is 2. The largest absolute Gasteiger partial charge is 0.496 e. The number of benzene rings is 2. The summed E-state index contributed by atoms with van der Waals surface area (Å²) in [6.07, 6.45) is 3.73. The molecule has 0 aliphatic rings. The second-order valence-corrected chi connectivity index (χ2v) is 7.76. The lowest BCUT2D eigenvalue weighted by molar-refractivity contribution is 0.0935. The highest BCUT2D eigenvalue weighted by molar-refractivity contribution is 5.97. The molecule has 10 heteroatoms. The van der Waals surface area contributed by atoms with Crippen LogP contribution >= 0.6 is 0 Å². The Hall–Kier alpha value is -4.60. The van der Waals surface area contributed by atoms with Crippen LogP contribution in [0.1, 0.15) is 34.6 Å². The van der Waals surface area contributed by atoms with Crippen molar-refractivity contribution >= 4 is 11.6 Å². The van der Waals surface area contributed by atoms with Gasteiger partial charge in [0.15, 0.2) is 0 Å². The Morgan fingerprint density at radius 1 is 1.15 bits per heavy atom. The SMILES string of the molecule is COc1ccc(-c2cnn(Cc3ccccc3)c2)cc1C(C)NC(=O)c1[nH]c(=O)[nH]c(=O)c1N. The molecule has 1 unspecified atom stereocenters. The molecule has 0 aliphatic heterocycles. The Balaban J connectivity index is 1.59. The lowest BCUT2D eigenvalue weighted by atomic mass is 10.0. The molecule has 0 bridgehead atoms. The monoisotopic (exact) mass is 460 g/mol. The van der Waals surface area contributed by atoms with Crippen LogP contribution in [0.2, 0.25) is 0 Å². The number of nitrogens with two attached hydrogens (primary N) is 1. The number of nitrogens with zero attached hydrogens (tertiary/aromatic N) is 2. The first-order valence-electron chi connectivity index (χ1n) is 10.5. The van der Waals surface area contributed by atoms with E-state index in [4.69, 9.17) is 10.5 Å². The molecule has 174 valence electrons. The predicted molar refractivity (Wildman–Crippen MR) is 128 cm³/mol. The van der Waals surface area contributed by atoms with E-state index in [2.05, 4.69) is 15.4 Å². The number of rotatable bonds is 7. The molecule has 4 rings (SSSR count). The average molecular weight is 460 g/mol. The maximum atomic E-state index is 12.7. The Morgan fingerprint density at radius 2 is 1.91 bits per heavy atom. The van der Waals surface area contributed by atoms with E-state index < -0.39 is 23.2 Å². The molecule has 5 N–H and O–H groups in total. The highest BCUT2D eigenvalue weighted by atomic mass is 16.5. The predicted octanol–water partition coefficient (Wildman–Crippen LogP) is 2.06. The topological polar surface area (TPSA) is 148 Å². The van der Waals surface area contributed by atoms with Crippen LogP contribution in [0, 0.1) is 0 Å². The number of nitrogens with one attached hydrogen (secondary N) is 3. The quantitative estimate of drug-likeness (QED) is 0.332. The Kier molecular flexibility index (Phi) is 6.30. The van der Waals surface area contributed by atoms with Crippen molar-refractivity contribution < 1.29 is 9.53 Å². The summed E-state index contributed by atoms with van der Waals surface area (Å²) in [5, 5.41) is 7.21. The van der Waals surface area contributed by atoms with E-state index in [0.717, 1.165) is 16.7 Å². The van der Waals surface area contributed by atoms with Gasteiger partial charge < -0.3 is 20.8 Å². The van der Waals surface area contributed by atoms with Gasteiger partial charge in [0.2, 0.25) is 0 Å². The van der Waals surface area contributed by atoms with E-state index in [1.165, 1.54) is 7.11 Å². The average Bonchev–Trinajstić information content (AvgIpc) is 3.29. The maximum Gasteiger partial charge on any atom is 0.326 e. The van der Waals surface area contributed by atoms with Gasteiger partial charge in [0.25, 0.3) is 11.5 Å². The van der Waals surface area contributed by atoms with Crippen LogP contribution in [-0.4, -0.2) is 32.8 Å². The summed E-state index contributed by atoms with van der Waals surface area (Å²) in [5.41, 5.74) is 7.01. The molecular formula is C24H24N6O4. The van der Waals surface area contributed by atoms with Gasteiger partial charge in [-0.3, -0.25) is 19.3 Å². The minimum absolute atomic E-state index is 0.294. The van der Waals surface area contributed by atoms with Gasteiger partial charge in [-0.1, -0.05) is 36.4 Å². The number of aromatic nitrogens is 4. The summed E-state index contributed by atoms with van der Waals surface area (Å²) in [6, 6.07) is 15.1. The Morgan fingerprint density at radius 3 is 2.65 bits per heavy atom. The molecule has 4 aromatic rings. The number of carbonyl (C=O) groups is 1. The van der Waals surface area contributed by atoms with Crippen molar-refractivity contribution in [1.82, 2.24) is 25.1 Å². The Labute approximate surface area is 194 Å². The second kappa shape index (κ2) is 9.49. The normalized spacial score (nSPS) is 11.7. The molecule has 0 saturated heterocycles. The smallest absolute Gasteiger partial charge is 0.326 e. The van der Waals surface area contributed by atoms with Crippen LogP contribution in [0.15, 0.2) is 70.5 Å². The van der Waals surface area contributed by atoms with Crippen LogP contribution in [0.25, 0.3) is 11.1 Å². The van der Waals surface area contributed by atoms with Crippen molar-refractivity contribution in [2.75, 3.05) is 12.8 Å². The third-order valence-electron chi connectivity index (χ3n) is 5.40. The molecule has 10 nitrogen and oxygen atoms in total. The molecule has 1 amide bonds. The van der Waals surface area contributed by atoms with E-state index in [0.29, 0.717) is 17.9 Å². The zero-order valence-electron chi connectivity index (χ0n) is 18.7. The highest BCUT2D eigenvalue weighted by Gasteiger charge is 2.20. The summed E-state index contributed by atoms with van der Waals surface area (Å²) in [7, 11) is 1.54. The molecule has 0 aliphatic carbocycles. The maximum absolute atomic E-state index is 12.7. The van der Waals surface area contributed by atoms with Crippen LogP contribution in [0.4, 0.5) is 5.69 Å². The van der Waals surface area contributed by atoms with Gasteiger partial charge in [-0.15, -0.1) is 0 Å². The summed E-state index contributed by atoms with van der Waals surface area (Å²) < 4.78 is 7.33. The molecular weight excluding hydrogens is 436 g/mol. The molecule has 0 spiro atoms. The fourth-order valence-corrected chi connectivity index (χ4v) is 3.64. The van der Waals surface area contributed by atoms with E-state index in [-0.39, 0.29) is 11.4 Å². The lowest BCUT2D eigenvalue weighted by Crippen LogP contribution is -2.34. The van der Waals surface area contributed by atoms with Crippen molar-refractivity contribution in [2.24, 2.45) is 0 Å².